The van der Waals surface area contributed by atoms with Gasteiger partial charge in [0.1, 0.15) is 11.6 Å². The quantitative estimate of drug-likeness (QED) is 0.755. The highest BCUT2D eigenvalue weighted by molar-refractivity contribution is 5.85. The first-order chi connectivity index (χ1) is 12.6. The van der Waals surface area contributed by atoms with Gasteiger partial charge < -0.3 is 15.0 Å². The first kappa shape index (κ1) is 16.6. The Balaban J connectivity index is 1.43. The third-order valence-corrected chi connectivity index (χ3v) is 5.04. The highest BCUT2D eigenvalue weighted by Crippen LogP contribution is 2.29. The van der Waals surface area contributed by atoms with Gasteiger partial charge in [-0.2, -0.15) is 0 Å². The van der Waals surface area contributed by atoms with Crippen molar-refractivity contribution in [2.24, 2.45) is 0 Å². The molecule has 2 aromatic carbocycles. The van der Waals surface area contributed by atoms with Crippen molar-refractivity contribution in [2.75, 3.05) is 7.11 Å². The van der Waals surface area contributed by atoms with Crippen LogP contribution in [0.3, 0.4) is 0 Å². The molecule has 1 atom stereocenters. The molecule has 26 heavy (non-hydrogen) atoms. The Morgan fingerprint density at radius 2 is 2.08 bits per heavy atom. The van der Waals surface area contributed by atoms with E-state index >= 15 is 0 Å². The lowest BCUT2D eigenvalue weighted by Crippen LogP contribution is -2.39. The van der Waals surface area contributed by atoms with Gasteiger partial charge in [0.2, 0.25) is 5.91 Å². The van der Waals surface area contributed by atoms with Crippen LogP contribution in [0.5, 0.6) is 5.75 Å². The number of nitrogens with one attached hydrogen (secondary N) is 2. The molecule has 0 bridgehead atoms. The van der Waals surface area contributed by atoms with Crippen LogP contribution in [0.4, 0.5) is 4.39 Å². The summed E-state index contributed by atoms with van der Waals surface area (Å²) in [4.78, 5) is 15.7. The Kier molecular flexibility index (Phi) is 4.37. The fraction of sp³-hybridized carbons (Fsp3) is 0.286. The van der Waals surface area contributed by atoms with Crippen molar-refractivity contribution in [3.05, 3.63) is 65.1 Å². The minimum Gasteiger partial charge on any atom is -0.497 e. The Bertz CT molecular complexity index is 947. The Morgan fingerprint density at radius 1 is 1.27 bits per heavy atom. The second kappa shape index (κ2) is 6.83. The molecule has 1 unspecified atom stereocenters. The van der Waals surface area contributed by atoms with Gasteiger partial charge in [0.15, 0.2) is 0 Å². The highest BCUT2D eigenvalue weighted by atomic mass is 19.1. The number of amides is 1. The predicted molar refractivity (Wildman–Crippen MR) is 98.9 cm³/mol. The molecule has 4 rings (SSSR count). The summed E-state index contributed by atoms with van der Waals surface area (Å²) >= 11 is 0. The van der Waals surface area contributed by atoms with Crippen LogP contribution in [0, 0.1) is 5.82 Å². The second-order valence-corrected chi connectivity index (χ2v) is 6.80. The van der Waals surface area contributed by atoms with E-state index in [2.05, 4.69) is 10.3 Å². The van der Waals surface area contributed by atoms with Crippen LogP contribution in [0.2, 0.25) is 0 Å². The van der Waals surface area contributed by atoms with E-state index in [1.807, 2.05) is 30.3 Å². The summed E-state index contributed by atoms with van der Waals surface area (Å²) in [6.45, 7) is 0. The van der Waals surface area contributed by atoms with E-state index in [0.717, 1.165) is 47.2 Å². The van der Waals surface area contributed by atoms with E-state index in [1.165, 1.54) is 17.7 Å². The monoisotopic (exact) mass is 352 g/mol. The molecule has 0 fully saturated rings. The number of fused-ring (bicyclic) bond motifs is 3. The molecule has 1 aliphatic rings. The van der Waals surface area contributed by atoms with E-state index < -0.39 is 0 Å². The molecule has 4 nitrogen and oxygen atoms in total. The van der Waals surface area contributed by atoms with Crippen LogP contribution in [0.1, 0.15) is 23.2 Å². The van der Waals surface area contributed by atoms with Crippen molar-refractivity contribution in [1.82, 2.24) is 10.3 Å². The molecule has 0 radical (unpaired) electrons. The van der Waals surface area contributed by atoms with Gasteiger partial charge in [-0.1, -0.05) is 12.1 Å². The third-order valence-electron chi connectivity index (χ3n) is 5.04. The van der Waals surface area contributed by atoms with Gasteiger partial charge in [-0.25, -0.2) is 4.39 Å². The van der Waals surface area contributed by atoms with Crippen molar-refractivity contribution >= 4 is 16.8 Å². The first-order valence-electron chi connectivity index (χ1n) is 8.83. The highest BCUT2D eigenvalue weighted by Gasteiger charge is 2.23. The predicted octanol–water partition coefficient (Wildman–Crippen LogP) is 3.53. The lowest BCUT2D eigenvalue weighted by molar-refractivity contribution is -0.121. The standard InChI is InChI=1S/C21H21FN2O2/c1-26-16-6-2-13(3-7-16)10-21(25)23-15-5-9-19-18(12-15)17-8-4-14(22)11-20(17)24-19/h2-4,6-8,11,15,24H,5,9-10,12H2,1H3,(H,23,25). The summed E-state index contributed by atoms with van der Waals surface area (Å²) in [6.07, 6.45) is 2.87. The number of ether oxygens (including phenoxy) is 1. The van der Waals surface area contributed by atoms with Crippen LogP contribution in [-0.2, 0) is 24.1 Å². The number of methoxy groups -OCH3 is 1. The summed E-state index contributed by atoms with van der Waals surface area (Å²) in [5, 5.41) is 4.20. The summed E-state index contributed by atoms with van der Waals surface area (Å²) in [6, 6.07) is 12.5. The summed E-state index contributed by atoms with van der Waals surface area (Å²) in [5.74, 6) is 0.569. The molecular formula is C21H21FN2O2. The minimum absolute atomic E-state index is 0.0227. The van der Waals surface area contributed by atoms with Gasteiger partial charge in [-0.3, -0.25) is 4.79 Å². The topological polar surface area (TPSA) is 54.1 Å². The maximum atomic E-state index is 13.4. The molecule has 5 heteroatoms. The van der Waals surface area contributed by atoms with Crippen LogP contribution >= 0.6 is 0 Å². The second-order valence-electron chi connectivity index (χ2n) is 6.80. The molecule has 0 saturated carbocycles. The number of carbonyl (C=O) groups excluding carboxylic acids is 1. The molecule has 0 aliphatic heterocycles. The Labute approximate surface area is 151 Å². The zero-order valence-electron chi connectivity index (χ0n) is 14.6. The molecule has 134 valence electrons. The number of aryl methyl sites for hydroxylation is 1. The molecule has 3 aromatic rings. The van der Waals surface area contributed by atoms with Crippen molar-refractivity contribution in [3.63, 3.8) is 0 Å². The first-order valence-corrected chi connectivity index (χ1v) is 8.83. The molecular weight excluding hydrogens is 331 g/mol. The average molecular weight is 352 g/mol. The number of rotatable bonds is 4. The van der Waals surface area contributed by atoms with Gasteiger partial charge in [0.25, 0.3) is 0 Å². The summed E-state index contributed by atoms with van der Waals surface area (Å²) in [7, 11) is 1.62. The largest absolute Gasteiger partial charge is 0.497 e. The summed E-state index contributed by atoms with van der Waals surface area (Å²) < 4.78 is 18.6. The Hall–Kier alpha value is -2.82. The van der Waals surface area contributed by atoms with E-state index in [9.17, 15) is 9.18 Å². The smallest absolute Gasteiger partial charge is 0.224 e. The zero-order valence-corrected chi connectivity index (χ0v) is 14.6. The number of benzene rings is 2. The fourth-order valence-corrected chi connectivity index (χ4v) is 3.73. The van der Waals surface area contributed by atoms with Crippen molar-refractivity contribution in [3.8, 4) is 5.75 Å². The van der Waals surface area contributed by atoms with Crippen molar-refractivity contribution in [1.29, 1.82) is 0 Å². The van der Waals surface area contributed by atoms with Crippen LogP contribution in [-0.4, -0.2) is 24.0 Å². The molecule has 2 N–H and O–H groups in total. The number of H-pyrrole nitrogens is 1. The number of hydrogen-bond acceptors (Lipinski definition) is 2. The van der Waals surface area contributed by atoms with E-state index in [0.29, 0.717) is 6.42 Å². The molecule has 0 spiro atoms. The number of carbonyl (C=O) groups is 1. The molecule has 0 saturated heterocycles. The lowest BCUT2D eigenvalue weighted by atomic mass is 9.91. The van der Waals surface area contributed by atoms with E-state index in [-0.39, 0.29) is 17.8 Å². The molecule has 1 heterocycles. The SMILES string of the molecule is COc1ccc(CC(=O)NC2CCc3[nH]c4cc(F)ccc4c3C2)cc1. The maximum Gasteiger partial charge on any atom is 0.224 e. The minimum atomic E-state index is -0.236. The van der Waals surface area contributed by atoms with E-state index in [4.69, 9.17) is 4.74 Å². The van der Waals surface area contributed by atoms with Crippen molar-refractivity contribution < 1.29 is 13.9 Å². The van der Waals surface area contributed by atoms with Crippen molar-refractivity contribution in [2.45, 2.75) is 31.7 Å². The Morgan fingerprint density at radius 3 is 2.85 bits per heavy atom. The third kappa shape index (κ3) is 3.29. The van der Waals surface area contributed by atoms with Gasteiger partial charge in [-0.05, 0) is 60.7 Å². The van der Waals surface area contributed by atoms with Gasteiger partial charge >= 0.3 is 0 Å². The van der Waals surface area contributed by atoms with Crippen LogP contribution < -0.4 is 10.1 Å². The normalized spacial score (nSPS) is 16.3. The number of hydrogen-bond donors (Lipinski definition) is 2. The van der Waals surface area contributed by atoms with Crippen LogP contribution in [0.15, 0.2) is 42.5 Å². The van der Waals surface area contributed by atoms with Gasteiger partial charge in [-0.15, -0.1) is 0 Å². The zero-order chi connectivity index (χ0) is 18.1. The lowest BCUT2D eigenvalue weighted by Gasteiger charge is -2.23. The average Bonchev–Trinajstić information content (AvgIpc) is 2.99. The molecule has 1 aromatic heterocycles. The molecule has 1 amide bonds. The number of aromatic nitrogens is 1. The van der Waals surface area contributed by atoms with Crippen LogP contribution in [0.25, 0.3) is 10.9 Å². The number of aromatic amines is 1. The molecule has 1 aliphatic carbocycles. The maximum absolute atomic E-state index is 13.4. The fourth-order valence-electron chi connectivity index (χ4n) is 3.73. The number of halogens is 1. The van der Waals surface area contributed by atoms with E-state index in [1.54, 1.807) is 7.11 Å². The van der Waals surface area contributed by atoms with Gasteiger partial charge in [0.05, 0.1) is 13.5 Å². The summed E-state index contributed by atoms with van der Waals surface area (Å²) in [5.41, 5.74) is 4.15. The van der Waals surface area contributed by atoms with Gasteiger partial charge in [0, 0.05) is 22.6 Å².